The summed E-state index contributed by atoms with van der Waals surface area (Å²) in [6, 6.07) is 10.8. The lowest BCUT2D eigenvalue weighted by Crippen LogP contribution is -2.35. The first kappa shape index (κ1) is 18.4. The number of alkyl carbamates (subject to hydrolysis) is 1. The molecule has 25 heavy (non-hydrogen) atoms. The smallest absolute Gasteiger partial charge is 0.407 e. The van der Waals surface area contributed by atoms with Crippen molar-refractivity contribution in [2.24, 2.45) is 0 Å². The summed E-state index contributed by atoms with van der Waals surface area (Å²) in [6.07, 6.45) is -4.00. The number of nitrogens with one attached hydrogen (secondary N) is 1. The van der Waals surface area contributed by atoms with Gasteiger partial charge in [0, 0.05) is 18.7 Å². The molecular weight excluding hydrogens is 330 g/mol. The predicted octanol–water partition coefficient (Wildman–Crippen LogP) is 1.12. The van der Waals surface area contributed by atoms with E-state index in [1.54, 1.807) is 24.3 Å². The second kappa shape index (κ2) is 8.22. The molecule has 2 atom stereocenters. The summed E-state index contributed by atoms with van der Waals surface area (Å²) < 4.78 is 4.95. The van der Waals surface area contributed by atoms with Gasteiger partial charge in [-0.1, -0.05) is 30.3 Å². The summed E-state index contributed by atoms with van der Waals surface area (Å²) >= 11 is 0. The van der Waals surface area contributed by atoms with E-state index < -0.39 is 35.5 Å². The lowest BCUT2D eigenvalue weighted by atomic mass is 10.0. The zero-order chi connectivity index (χ0) is 18.4. The zero-order valence-corrected chi connectivity index (χ0v) is 13.2. The molecule has 0 radical (unpaired) electrons. The molecule has 2 rings (SSSR count). The molecule has 0 aliphatic carbocycles. The van der Waals surface area contributed by atoms with Crippen LogP contribution >= 0.6 is 0 Å². The summed E-state index contributed by atoms with van der Waals surface area (Å²) in [5, 5.41) is 50.8. The molecule has 0 spiro atoms. The molecule has 0 aromatic heterocycles. The molecule has 0 aliphatic rings. The molecule has 0 aliphatic heterocycles. The molecule has 0 fully saturated rings. The molecule has 2 aromatic carbocycles. The third kappa shape index (κ3) is 5.00. The number of benzene rings is 2. The number of aromatic hydroxyl groups is 3. The summed E-state index contributed by atoms with van der Waals surface area (Å²) in [5.41, 5.74) is 0.432. The highest BCUT2D eigenvalue weighted by molar-refractivity contribution is 5.67. The van der Waals surface area contributed by atoms with Crippen LogP contribution in [0.15, 0.2) is 42.5 Å². The van der Waals surface area contributed by atoms with E-state index in [1.807, 2.05) is 6.07 Å². The fourth-order valence-electron chi connectivity index (χ4n) is 2.18. The monoisotopic (exact) mass is 349 g/mol. The van der Waals surface area contributed by atoms with Crippen molar-refractivity contribution in [2.45, 2.75) is 18.8 Å². The largest absolute Gasteiger partial charge is 0.508 e. The third-order valence-corrected chi connectivity index (χ3v) is 3.45. The molecule has 2 aromatic rings. The number of amides is 1. The van der Waals surface area contributed by atoms with Crippen LogP contribution in [0.4, 0.5) is 4.79 Å². The van der Waals surface area contributed by atoms with Gasteiger partial charge in [-0.3, -0.25) is 0 Å². The number of hydrogen-bond donors (Lipinski definition) is 6. The Kier molecular flexibility index (Phi) is 6.04. The van der Waals surface area contributed by atoms with Crippen LogP contribution in [0.2, 0.25) is 0 Å². The topological polar surface area (TPSA) is 139 Å². The second-order valence-electron chi connectivity index (χ2n) is 5.35. The van der Waals surface area contributed by atoms with Gasteiger partial charge in [0.25, 0.3) is 0 Å². The molecule has 2 unspecified atom stereocenters. The Morgan fingerprint density at radius 2 is 1.64 bits per heavy atom. The zero-order valence-electron chi connectivity index (χ0n) is 13.2. The van der Waals surface area contributed by atoms with Crippen LogP contribution < -0.4 is 5.32 Å². The van der Waals surface area contributed by atoms with Crippen LogP contribution in [0.25, 0.3) is 0 Å². The van der Waals surface area contributed by atoms with Crippen molar-refractivity contribution in [3.05, 3.63) is 53.6 Å². The van der Waals surface area contributed by atoms with E-state index in [0.717, 1.165) is 17.7 Å². The van der Waals surface area contributed by atoms with Crippen LogP contribution in [0.1, 0.15) is 17.2 Å². The SMILES string of the molecule is O=C(NCC(O)C(O)c1c(O)cc(O)cc1O)OCc1ccccc1. The molecule has 8 nitrogen and oxygen atoms in total. The lowest BCUT2D eigenvalue weighted by Gasteiger charge is -2.20. The van der Waals surface area contributed by atoms with Crippen molar-refractivity contribution in [1.82, 2.24) is 5.32 Å². The van der Waals surface area contributed by atoms with Crippen LogP contribution in [-0.2, 0) is 11.3 Å². The van der Waals surface area contributed by atoms with E-state index in [2.05, 4.69) is 5.32 Å². The highest BCUT2D eigenvalue weighted by Gasteiger charge is 2.25. The van der Waals surface area contributed by atoms with Gasteiger partial charge >= 0.3 is 6.09 Å². The normalized spacial score (nSPS) is 13.0. The first-order valence-corrected chi connectivity index (χ1v) is 7.44. The first-order valence-electron chi connectivity index (χ1n) is 7.44. The molecule has 0 heterocycles. The Bertz CT molecular complexity index is 697. The number of rotatable bonds is 6. The number of phenols is 3. The van der Waals surface area contributed by atoms with Crippen molar-refractivity contribution in [3.63, 3.8) is 0 Å². The van der Waals surface area contributed by atoms with Gasteiger partial charge in [-0.2, -0.15) is 0 Å². The number of hydrogen-bond acceptors (Lipinski definition) is 7. The van der Waals surface area contributed by atoms with Crippen molar-refractivity contribution >= 4 is 6.09 Å². The van der Waals surface area contributed by atoms with Gasteiger partial charge in [0.05, 0.1) is 5.56 Å². The van der Waals surface area contributed by atoms with Crippen LogP contribution in [0.5, 0.6) is 17.2 Å². The van der Waals surface area contributed by atoms with Gasteiger partial charge in [-0.15, -0.1) is 0 Å². The van der Waals surface area contributed by atoms with Crippen LogP contribution in [0.3, 0.4) is 0 Å². The molecular formula is C17H19NO7. The van der Waals surface area contributed by atoms with Crippen molar-refractivity contribution in [3.8, 4) is 17.2 Å². The van der Waals surface area contributed by atoms with E-state index >= 15 is 0 Å². The standard InChI is InChI=1S/C17H19NO7/c19-11-6-12(20)15(13(21)7-11)16(23)14(22)8-18-17(24)25-9-10-4-2-1-3-5-10/h1-7,14,16,19-23H,8-9H2,(H,18,24). The number of aliphatic hydroxyl groups excluding tert-OH is 2. The van der Waals surface area contributed by atoms with Crippen LogP contribution in [0, 0.1) is 0 Å². The van der Waals surface area contributed by atoms with Gasteiger partial charge in [-0.25, -0.2) is 4.79 Å². The Morgan fingerprint density at radius 3 is 2.24 bits per heavy atom. The summed E-state index contributed by atoms with van der Waals surface area (Å²) in [6.45, 7) is -0.334. The fraction of sp³-hybridized carbons (Fsp3) is 0.235. The first-order chi connectivity index (χ1) is 11.9. The van der Waals surface area contributed by atoms with E-state index in [-0.39, 0.29) is 18.7 Å². The minimum absolute atomic E-state index is 0.0465. The number of carbonyl (C=O) groups excluding carboxylic acids is 1. The maximum absolute atomic E-state index is 11.6. The van der Waals surface area contributed by atoms with Gasteiger partial charge in [0.15, 0.2) is 0 Å². The summed E-state index contributed by atoms with van der Waals surface area (Å²) in [5.74, 6) is -1.57. The van der Waals surface area contributed by atoms with Crippen molar-refractivity contribution in [2.75, 3.05) is 6.54 Å². The Balaban J connectivity index is 1.87. The highest BCUT2D eigenvalue weighted by atomic mass is 16.5. The molecule has 0 bridgehead atoms. The maximum atomic E-state index is 11.6. The van der Waals surface area contributed by atoms with Gasteiger partial charge in [0.1, 0.15) is 36.1 Å². The average molecular weight is 349 g/mol. The number of phenolic OH excluding ortho intramolecular Hbond substituents is 3. The molecule has 8 heteroatoms. The van der Waals surface area contributed by atoms with Gasteiger partial charge in [-0.05, 0) is 5.56 Å². The van der Waals surface area contributed by atoms with E-state index in [9.17, 15) is 30.3 Å². The number of carbonyl (C=O) groups is 1. The quantitative estimate of drug-likeness (QED) is 0.459. The van der Waals surface area contributed by atoms with Crippen LogP contribution in [-0.4, -0.2) is 44.3 Å². The second-order valence-corrected chi connectivity index (χ2v) is 5.35. The fourth-order valence-corrected chi connectivity index (χ4v) is 2.18. The van der Waals surface area contributed by atoms with E-state index in [0.29, 0.717) is 0 Å². The van der Waals surface area contributed by atoms with Gasteiger partial charge < -0.3 is 35.6 Å². The molecule has 0 saturated heterocycles. The lowest BCUT2D eigenvalue weighted by molar-refractivity contribution is 0.0158. The molecule has 6 N–H and O–H groups in total. The Hall–Kier alpha value is -2.97. The van der Waals surface area contributed by atoms with E-state index in [4.69, 9.17) is 4.74 Å². The highest BCUT2D eigenvalue weighted by Crippen LogP contribution is 2.37. The summed E-state index contributed by atoms with van der Waals surface area (Å²) in [7, 11) is 0. The molecule has 0 saturated carbocycles. The molecule has 134 valence electrons. The maximum Gasteiger partial charge on any atom is 0.407 e. The number of ether oxygens (including phenoxy) is 1. The number of aliphatic hydroxyl groups is 2. The van der Waals surface area contributed by atoms with Gasteiger partial charge in [0.2, 0.25) is 0 Å². The average Bonchev–Trinajstić information content (AvgIpc) is 2.57. The Labute approximate surface area is 143 Å². The third-order valence-electron chi connectivity index (χ3n) is 3.45. The predicted molar refractivity (Wildman–Crippen MR) is 87.0 cm³/mol. The Morgan fingerprint density at radius 1 is 1.04 bits per heavy atom. The summed E-state index contributed by atoms with van der Waals surface area (Å²) in [4.78, 5) is 11.6. The van der Waals surface area contributed by atoms with Crippen molar-refractivity contribution in [1.29, 1.82) is 0 Å². The van der Waals surface area contributed by atoms with Crippen molar-refractivity contribution < 1.29 is 35.1 Å². The minimum atomic E-state index is -1.69. The molecule has 1 amide bonds. The van der Waals surface area contributed by atoms with E-state index in [1.165, 1.54) is 0 Å². The minimum Gasteiger partial charge on any atom is -0.508 e.